The van der Waals surface area contributed by atoms with Crippen molar-refractivity contribution in [2.24, 2.45) is 0 Å². The summed E-state index contributed by atoms with van der Waals surface area (Å²) in [6.45, 7) is 0.360. The van der Waals surface area contributed by atoms with Gasteiger partial charge in [-0.15, -0.1) is 0 Å². The van der Waals surface area contributed by atoms with Crippen LogP contribution in [-0.2, 0) is 20.4 Å². The quantitative estimate of drug-likeness (QED) is 0.377. The molecular formula is C25H24ClFN4O3S. The first-order valence-corrected chi connectivity index (χ1v) is 12.9. The van der Waals surface area contributed by atoms with Gasteiger partial charge >= 0.3 is 0 Å². The van der Waals surface area contributed by atoms with E-state index in [0.29, 0.717) is 12.8 Å². The van der Waals surface area contributed by atoms with Gasteiger partial charge in [0.1, 0.15) is 5.82 Å². The number of amides is 1. The first kappa shape index (κ1) is 24.8. The second kappa shape index (κ2) is 10.2. The molecule has 1 aliphatic heterocycles. The summed E-state index contributed by atoms with van der Waals surface area (Å²) in [5.74, 6) is -0.968. The van der Waals surface area contributed by atoms with Gasteiger partial charge < -0.3 is 5.32 Å². The summed E-state index contributed by atoms with van der Waals surface area (Å²) in [5.41, 5.74) is 0.256. The van der Waals surface area contributed by atoms with Gasteiger partial charge in [-0.1, -0.05) is 72.3 Å². The summed E-state index contributed by atoms with van der Waals surface area (Å²) >= 11 is 5.68. The van der Waals surface area contributed by atoms with Crippen molar-refractivity contribution in [1.29, 1.82) is 5.41 Å². The lowest BCUT2D eigenvalue weighted by molar-refractivity contribution is -0.130. The van der Waals surface area contributed by atoms with Crippen molar-refractivity contribution in [2.45, 2.75) is 23.3 Å². The number of rotatable bonds is 9. The topological polar surface area (TPSA) is 102 Å². The second-order valence-electron chi connectivity index (χ2n) is 8.09. The highest BCUT2D eigenvalue weighted by atomic mass is 35.5. The van der Waals surface area contributed by atoms with Crippen molar-refractivity contribution in [2.75, 3.05) is 13.1 Å². The molecule has 1 amide bonds. The average molecular weight is 515 g/mol. The van der Waals surface area contributed by atoms with Gasteiger partial charge in [0.2, 0.25) is 10.0 Å². The maximum Gasteiger partial charge on any atom is 0.264 e. The largest absolute Gasteiger partial charge is 0.334 e. The first-order chi connectivity index (χ1) is 16.8. The number of sulfonamides is 1. The summed E-state index contributed by atoms with van der Waals surface area (Å²) in [5, 5.41) is 11.3. The standard InChI is InChI=1S/C25H24ClFN4O3S/c26-21-17-20(13-14-22(21)27)35(33,34)29-15-7-8-16-31-23(32)25(30-24(31)28,18-9-3-1-4-10-18)19-11-5-2-6-12-19/h1-6,9-14,17,29H,7-8,15-16H2,(H2,28,30). The number of halogens is 2. The lowest BCUT2D eigenvalue weighted by Gasteiger charge is -2.28. The van der Waals surface area contributed by atoms with Crippen molar-refractivity contribution in [3.8, 4) is 0 Å². The zero-order chi connectivity index (χ0) is 25.1. The molecule has 0 saturated carbocycles. The Bertz CT molecular complexity index is 1300. The van der Waals surface area contributed by atoms with Crippen molar-refractivity contribution in [3.05, 3.63) is 101 Å². The molecule has 7 nitrogen and oxygen atoms in total. The SMILES string of the molecule is N=C1NC(c2ccccc2)(c2ccccc2)C(=O)N1CCCCNS(=O)(=O)c1ccc(F)c(Cl)c1. The van der Waals surface area contributed by atoms with Gasteiger partial charge in [-0.05, 0) is 42.2 Å². The summed E-state index contributed by atoms with van der Waals surface area (Å²) in [4.78, 5) is 14.9. The number of hydrogen-bond donors (Lipinski definition) is 3. The smallest absolute Gasteiger partial charge is 0.264 e. The fourth-order valence-electron chi connectivity index (χ4n) is 4.08. The van der Waals surface area contributed by atoms with Crippen LogP contribution in [0, 0.1) is 11.2 Å². The molecule has 3 aromatic rings. The van der Waals surface area contributed by atoms with E-state index in [1.54, 1.807) is 0 Å². The van der Waals surface area contributed by atoms with Crippen LogP contribution in [0.1, 0.15) is 24.0 Å². The molecule has 1 heterocycles. The minimum absolute atomic E-state index is 0.00996. The zero-order valence-electron chi connectivity index (χ0n) is 18.7. The number of guanidine groups is 1. The number of benzene rings is 3. The fourth-order valence-corrected chi connectivity index (χ4v) is 5.42. The zero-order valence-corrected chi connectivity index (χ0v) is 20.2. The minimum atomic E-state index is -3.85. The number of nitrogens with one attached hydrogen (secondary N) is 3. The maximum atomic E-state index is 13.7. The Morgan fingerprint density at radius 3 is 2.14 bits per heavy atom. The van der Waals surface area contributed by atoms with Crippen molar-refractivity contribution in [1.82, 2.24) is 14.9 Å². The molecule has 0 aliphatic carbocycles. The molecule has 4 rings (SSSR count). The molecule has 3 N–H and O–H groups in total. The second-order valence-corrected chi connectivity index (χ2v) is 10.3. The van der Waals surface area contributed by atoms with E-state index >= 15 is 0 Å². The van der Waals surface area contributed by atoms with Gasteiger partial charge in [0.25, 0.3) is 5.91 Å². The summed E-state index contributed by atoms with van der Waals surface area (Å²) in [7, 11) is -3.85. The van der Waals surface area contributed by atoms with Crippen LogP contribution < -0.4 is 10.0 Å². The molecule has 3 aromatic carbocycles. The number of nitrogens with zero attached hydrogens (tertiary/aromatic N) is 1. The van der Waals surface area contributed by atoms with Gasteiger partial charge in [-0.3, -0.25) is 15.1 Å². The normalized spacial score (nSPS) is 15.3. The Labute approximate surface area is 208 Å². The Balaban J connectivity index is 1.42. The first-order valence-electron chi connectivity index (χ1n) is 11.0. The molecule has 0 spiro atoms. The van der Waals surface area contributed by atoms with E-state index in [2.05, 4.69) is 10.0 Å². The highest BCUT2D eigenvalue weighted by Gasteiger charge is 2.51. The van der Waals surface area contributed by atoms with E-state index in [1.165, 1.54) is 4.90 Å². The number of hydrogen-bond acceptors (Lipinski definition) is 4. The lowest BCUT2D eigenvalue weighted by atomic mass is 9.82. The maximum absolute atomic E-state index is 13.7. The third kappa shape index (κ3) is 4.93. The Morgan fingerprint density at radius 2 is 1.57 bits per heavy atom. The van der Waals surface area contributed by atoms with E-state index in [0.717, 1.165) is 29.3 Å². The van der Waals surface area contributed by atoms with E-state index < -0.39 is 21.4 Å². The summed E-state index contributed by atoms with van der Waals surface area (Å²) in [6.07, 6.45) is 0.886. The molecular weight excluding hydrogens is 491 g/mol. The Morgan fingerprint density at radius 1 is 0.971 bits per heavy atom. The summed E-state index contributed by atoms with van der Waals surface area (Å²) in [6, 6.07) is 21.7. The molecule has 182 valence electrons. The molecule has 0 unspecified atom stereocenters. The highest BCUT2D eigenvalue weighted by molar-refractivity contribution is 7.89. The Hall–Kier alpha value is -3.27. The minimum Gasteiger partial charge on any atom is -0.334 e. The van der Waals surface area contributed by atoms with E-state index in [1.807, 2.05) is 60.7 Å². The van der Waals surface area contributed by atoms with E-state index in [9.17, 15) is 17.6 Å². The molecule has 0 radical (unpaired) electrons. The van der Waals surface area contributed by atoms with Gasteiger partial charge in [-0.2, -0.15) is 0 Å². The van der Waals surface area contributed by atoms with Gasteiger partial charge in [-0.25, -0.2) is 17.5 Å². The fraction of sp³-hybridized carbons (Fsp3) is 0.200. The molecule has 35 heavy (non-hydrogen) atoms. The van der Waals surface area contributed by atoms with Gasteiger partial charge in [0.15, 0.2) is 11.5 Å². The van der Waals surface area contributed by atoms with Crippen molar-refractivity contribution < 1.29 is 17.6 Å². The van der Waals surface area contributed by atoms with Crippen LogP contribution in [0.4, 0.5) is 4.39 Å². The third-order valence-corrected chi connectivity index (χ3v) is 7.61. The van der Waals surface area contributed by atoms with Crippen molar-refractivity contribution in [3.63, 3.8) is 0 Å². The average Bonchev–Trinajstić information content (AvgIpc) is 3.12. The number of carbonyl (C=O) groups is 1. The van der Waals surface area contributed by atoms with Gasteiger partial charge in [0.05, 0.1) is 9.92 Å². The third-order valence-electron chi connectivity index (χ3n) is 5.86. The van der Waals surface area contributed by atoms with E-state index in [4.69, 9.17) is 17.0 Å². The Kier molecular flexibility index (Phi) is 7.20. The highest BCUT2D eigenvalue weighted by Crippen LogP contribution is 2.35. The molecule has 1 aliphatic rings. The number of unbranched alkanes of at least 4 members (excludes halogenated alkanes) is 1. The molecule has 1 fully saturated rings. The van der Waals surface area contributed by atoms with E-state index in [-0.39, 0.29) is 34.9 Å². The van der Waals surface area contributed by atoms with Crippen molar-refractivity contribution >= 4 is 33.5 Å². The van der Waals surface area contributed by atoms with Crippen LogP contribution in [0.3, 0.4) is 0 Å². The van der Waals surface area contributed by atoms with Crippen LogP contribution in [-0.4, -0.2) is 38.3 Å². The molecule has 1 saturated heterocycles. The lowest BCUT2D eigenvalue weighted by Crippen LogP contribution is -2.45. The van der Waals surface area contributed by atoms with Crippen LogP contribution in [0.15, 0.2) is 83.8 Å². The van der Waals surface area contributed by atoms with Crippen LogP contribution in [0.25, 0.3) is 0 Å². The molecule has 0 bridgehead atoms. The monoisotopic (exact) mass is 514 g/mol. The summed E-state index contributed by atoms with van der Waals surface area (Å²) < 4.78 is 40.6. The van der Waals surface area contributed by atoms with Crippen LogP contribution >= 0.6 is 11.6 Å². The van der Waals surface area contributed by atoms with Gasteiger partial charge in [0, 0.05) is 13.1 Å². The van der Waals surface area contributed by atoms with Crippen LogP contribution in [0.5, 0.6) is 0 Å². The molecule has 10 heteroatoms. The number of carbonyl (C=O) groups excluding carboxylic acids is 1. The molecule has 0 atom stereocenters. The molecule has 0 aromatic heterocycles. The predicted molar refractivity (Wildman–Crippen MR) is 132 cm³/mol. The predicted octanol–water partition coefficient (Wildman–Crippen LogP) is 3.85. The van der Waals surface area contributed by atoms with Crippen LogP contribution in [0.2, 0.25) is 5.02 Å².